The quantitative estimate of drug-likeness (QED) is 0.570. The van der Waals surface area contributed by atoms with E-state index >= 15 is 0 Å². The Hall–Kier alpha value is -2.45. The number of fused-ring (bicyclic) bond motifs is 1. The minimum atomic E-state index is -0.375. The summed E-state index contributed by atoms with van der Waals surface area (Å²) in [5.74, 6) is 0.247. The highest BCUT2D eigenvalue weighted by Crippen LogP contribution is 2.25. The average molecular weight is 401 g/mol. The van der Waals surface area contributed by atoms with Gasteiger partial charge in [0.15, 0.2) is 0 Å². The molecular formula is C20H24N4O3S. The number of carbonyl (C=O) groups excluding carboxylic acids is 1. The smallest absolute Gasteiger partial charge is 0.269 e. The van der Waals surface area contributed by atoms with Crippen LogP contribution < -0.4 is 4.90 Å². The fourth-order valence-corrected chi connectivity index (χ4v) is 4.82. The molecule has 28 heavy (non-hydrogen) atoms. The second-order valence-electron chi connectivity index (χ2n) is 7.29. The Kier molecular flexibility index (Phi) is 5.59. The molecule has 7 nitrogen and oxygen atoms in total. The van der Waals surface area contributed by atoms with Crippen molar-refractivity contribution in [2.24, 2.45) is 0 Å². The van der Waals surface area contributed by atoms with E-state index in [0.29, 0.717) is 6.42 Å². The van der Waals surface area contributed by atoms with Crippen molar-refractivity contribution in [3.63, 3.8) is 0 Å². The van der Waals surface area contributed by atoms with Gasteiger partial charge in [-0.05, 0) is 35.6 Å². The third kappa shape index (κ3) is 4.18. The maximum absolute atomic E-state index is 12.6. The summed E-state index contributed by atoms with van der Waals surface area (Å²) in [6, 6.07) is 8.90. The van der Waals surface area contributed by atoms with Crippen molar-refractivity contribution in [3.05, 3.63) is 56.3 Å². The molecule has 0 radical (unpaired) electrons. The SMILES string of the molecule is O=C(CCN1CCN(c2ccc([N+](=O)[O-])cc2)CC1)N1CCc2ccsc2C1. The minimum absolute atomic E-state index is 0.119. The van der Waals surface area contributed by atoms with Crippen LogP contribution >= 0.6 is 11.3 Å². The highest BCUT2D eigenvalue weighted by molar-refractivity contribution is 7.10. The monoisotopic (exact) mass is 400 g/mol. The van der Waals surface area contributed by atoms with Crippen molar-refractivity contribution in [3.8, 4) is 0 Å². The first kappa shape index (κ1) is 18.9. The van der Waals surface area contributed by atoms with Gasteiger partial charge in [0.25, 0.3) is 5.69 Å². The highest BCUT2D eigenvalue weighted by Gasteiger charge is 2.23. The Morgan fingerprint density at radius 3 is 2.54 bits per heavy atom. The van der Waals surface area contributed by atoms with E-state index in [1.807, 2.05) is 17.0 Å². The van der Waals surface area contributed by atoms with E-state index in [4.69, 9.17) is 0 Å². The summed E-state index contributed by atoms with van der Waals surface area (Å²) >= 11 is 1.75. The van der Waals surface area contributed by atoms with Crippen LogP contribution in [-0.2, 0) is 17.8 Å². The minimum Gasteiger partial charge on any atom is -0.369 e. The lowest BCUT2D eigenvalue weighted by atomic mass is 10.1. The first-order valence-electron chi connectivity index (χ1n) is 9.65. The number of benzene rings is 1. The number of rotatable bonds is 5. The Labute approximate surface area is 168 Å². The maximum Gasteiger partial charge on any atom is 0.269 e. The van der Waals surface area contributed by atoms with E-state index in [2.05, 4.69) is 21.2 Å². The largest absolute Gasteiger partial charge is 0.369 e. The van der Waals surface area contributed by atoms with E-state index in [9.17, 15) is 14.9 Å². The molecular weight excluding hydrogens is 376 g/mol. The maximum atomic E-state index is 12.6. The van der Waals surface area contributed by atoms with Gasteiger partial charge in [-0.15, -0.1) is 11.3 Å². The van der Waals surface area contributed by atoms with Gasteiger partial charge in [-0.3, -0.25) is 19.8 Å². The molecule has 1 fully saturated rings. The lowest BCUT2D eigenvalue weighted by Crippen LogP contribution is -2.47. The van der Waals surface area contributed by atoms with Gasteiger partial charge in [0, 0.05) is 68.4 Å². The molecule has 4 rings (SSSR count). The molecule has 1 aromatic heterocycles. The molecule has 2 aliphatic heterocycles. The zero-order valence-electron chi connectivity index (χ0n) is 15.7. The predicted octanol–water partition coefficient (Wildman–Crippen LogP) is 2.75. The highest BCUT2D eigenvalue weighted by atomic mass is 32.1. The van der Waals surface area contributed by atoms with E-state index in [1.54, 1.807) is 23.5 Å². The molecule has 0 bridgehead atoms. The van der Waals surface area contributed by atoms with Gasteiger partial charge in [0.05, 0.1) is 11.5 Å². The normalized spacial score (nSPS) is 17.4. The van der Waals surface area contributed by atoms with Crippen LogP contribution in [0.15, 0.2) is 35.7 Å². The number of nitro groups is 1. The molecule has 0 spiro atoms. The van der Waals surface area contributed by atoms with Gasteiger partial charge >= 0.3 is 0 Å². The Balaban J connectivity index is 1.22. The Morgan fingerprint density at radius 2 is 1.82 bits per heavy atom. The summed E-state index contributed by atoms with van der Waals surface area (Å²) in [6.45, 7) is 5.93. The van der Waals surface area contributed by atoms with Gasteiger partial charge in [-0.25, -0.2) is 0 Å². The molecule has 0 unspecified atom stereocenters. The van der Waals surface area contributed by atoms with Crippen LogP contribution in [0.3, 0.4) is 0 Å². The van der Waals surface area contributed by atoms with Crippen molar-refractivity contribution >= 4 is 28.6 Å². The predicted molar refractivity (Wildman–Crippen MR) is 110 cm³/mol. The van der Waals surface area contributed by atoms with Crippen molar-refractivity contribution < 1.29 is 9.72 Å². The average Bonchev–Trinajstić information content (AvgIpc) is 3.20. The first-order valence-corrected chi connectivity index (χ1v) is 10.5. The number of non-ortho nitro benzene ring substituents is 1. The summed E-state index contributed by atoms with van der Waals surface area (Å²) in [4.78, 5) is 30.9. The molecule has 8 heteroatoms. The van der Waals surface area contributed by atoms with Crippen LogP contribution in [-0.4, -0.2) is 59.9 Å². The van der Waals surface area contributed by atoms with Gasteiger partial charge < -0.3 is 9.80 Å². The lowest BCUT2D eigenvalue weighted by molar-refractivity contribution is -0.384. The number of nitrogens with zero attached hydrogens (tertiary/aromatic N) is 4. The van der Waals surface area contributed by atoms with E-state index in [1.165, 1.54) is 10.4 Å². The third-order valence-electron chi connectivity index (χ3n) is 5.62. The number of carbonyl (C=O) groups is 1. The number of anilines is 1. The molecule has 1 saturated heterocycles. The molecule has 2 aliphatic rings. The second-order valence-corrected chi connectivity index (χ2v) is 8.29. The molecule has 3 heterocycles. The third-order valence-corrected chi connectivity index (χ3v) is 6.56. The topological polar surface area (TPSA) is 69.9 Å². The Morgan fingerprint density at radius 1 is 1.07 bits per heavy atom. The van der Waals surface area contributed by atoms with Crippen LogP contribution in [0.25, 0.3) is 0 Å². The van der Waals surface area contributed by atoms with Crippen LogP contribution in [0.4, 0.5) is 11.4 Å². The number of piperazine rings is 1. The van der Waals surface area contributed by atoms with Crippen molar-refractivity contribution in [2.45, 2.75) is 19.4 Å². The number of hydrogen-bond acceptors (Lipinski definition) is 6. The summed E-state index contributed by atoms with van der Waals surface area (Å²) < 4.78 is 0. The molecule has 0 saturated carbocycles. The molecule has 1 aromatic carbocycles. The van der Waals surface area contributed by atoms with Gasteiger partial charge in [0.2, 0.25) is 5.91 Å². The van der Waals surface area contributed by atoms with E-state index in [-0.39, 0.29) is 16.5 Å². The second kappa shape index (κ2) is 8.28. The van der Waals surface area contributed by atoms with Gasteiger partial charge in [-0.2, -0.15) is 0 Å². The molecule has 0 aliphatic carbocycles. The fraction of sp³-hybridized carbons (Fsp3) is 0.450. The molecule has 148 valence electrons. The number of amides is 1. The number of thiophene rings is 1. The molecule has 1 amide bonds. The molecule has 0 atom stereocenters. The van der Waals surface area contributed by atoms with Crippen molar-refractivity contribution in [1.29, 1.82) is 0 Å². The summed E-state index contributed by atoms with van der Waals surface area (Å²) in [7, 11) is 0. The Bertz CT molecular complexity index is 843. The summed E-state index contributed by atoms with van der Waals surface area (Å²) in [5.41, 5.74) is 2.53. The first-order chi connectivity index (χ1) is 13.6. The van der Waals surface area contributed by atoms with E-state index < -0.39 is 0 Å². The van der Waals surface area contributed by atoms with Crippen LogP contribution in [0.2, 0.25) is 0 Å². The fourth-order valence-electron chi connectivity index (χ4n) is 3.88. The molecule has 2 aromatic rings. The standard InChI is InChI=1S/C20H24N4O3S/c25-20(23-9-5-16-7-14-28-19(16)15-23)6-8-21-10-12-22(13-11-21)17-1-3-18(4-2-17)24(26)27/h1-4,7,14H,5-6,8-13,15H2. The van der Waals surface area contributed by atoms with Crippen LogP contribution in [0.1, 0.15) is 16.9 Å². The lowest BCUT2D eigenvalue weighted by Gasteiger charge is -2.36. The number of nitro benzene ring substituents is 1. The van der Waals surface area contributed by atoms with Gasteiger partial charge in [-0.1, -0.05) is 0 Å². The summed E-state index contributed by atoms with van der Waals surface area (Å²) in [6.07, 6.45) is 1.54. The molecule has 0 N–H and O–H groups in total. The van der Waals surface area contributed by atoms with Crippen LogP contribution in [0.5, 0.6) is 0 Å². The van der Waals surface area contributed by atoms with E-state index in [0.717, 1.165) is 57.9 Å². The summed E-state index contributed by atoms with van der Waals surface area (Å²) in [5, 5.41) is 12.9. The van der Waals surface area contributed by atoms with Crippen molar-refractivity contribution in [2.75, 3.05) is 44.2 Å². The zero-order valence-corrected chi connectivity index (χ0v) is 16.6. The number of hydrogen-bond donors (Lipinski definition) is 0. The zero-order chi connectivity index (χ0) is 19.5. The van der Waals surface area contributed by atoms with Crippen molar-refractivity contribution in [1.82, 2.24) is 9.80 Å². The van der Waals surface area contributed by atoms with Crippen LogP contribution in [0, 0.1) is 10.1 Å². The van der Waals surface area contributed by atoms with Gasteiger partial charge in [0.1, 0.15) is 0 Å².